The average Bonchev–Trinajstić information content (AvgIpc) is 2.67. The van der Waals surface area contributed by atoms with Crippen LogP contribution in [0.2, 0.25) is 0 Å². The van der Waals surface area contributed by atoms with Gasteiger partial charge in [-0.25, -0.2) is 0 Å². The van der Waals surface area contributed by atoms with Crippen LogP contribution in [0.4, 0.5) is 0 Å². The van der Waals surface area contributed by atoms with Gasteiger partial charge in [-0.1, -0.05) is 11.2 Å². The van der Waals surface area contributed by atoms with E-state index in [0.29, 0.717) is 0 Å². The van der Waals surface area contributed by atoms with E-state index in [9.17, 15) is 0 Å². The lowest BCUT2D eigenvalue weighted by molar-refractivity contribution is 0.390. The molecule has 4 heteroatoms. The molecule has 0 saturated heterocycles. The smallest absolute Gasteiger partial charge is 0.138 e. The van der Waals surface area contributed by atoms with Crippen molar-refractivity contribution < 1.29 is 4.52 Å². The van der Waals surface area contributed by atoms with E-state index < -0.39 is 0 Å². The number of aromatic nitrogens is 2. The summed E-state index contributed by atoms with van der Waals surface area (Å²) in [4.78, 5) is 4.28. The molecule has 0 aliphatic heterocycles. The van der Waals surface area contributed by atoms with Gasteiger partial charge in [-0.3, -0.25) is 4.98 Å². The first-order valence-corrected chi connectivity index (χ1v) is 5.74. The van der Waals surface area contributed by atoms with Gasteiger partial charge in [0.25, 0.3) is 0 Å². The van der Waals surface area contributed by atoms with Gasteiger partial charge < -0.3 is 9.84 Å². The number of aryl methyl sites for hydroxylation is 2. The summed E-state index contributed by atoms with van der Waals surface area (Å²) in [6.45, 7) is 6.75. The van der Waals surface area contributed by atoms with Crippen LogP contribution in [-0.2, 0) is 6.54 Å². The number of pyridine rings is 1. The van der Waals surface area contributed by atoms with E-state index in [4.69, 9.17) is 4.52 Å². The molecule has 0 bridgehead atoms. The van der Waals surface area contributed by atoms with Crippen molar-refractivity contribution in [3.05, 3.63) is 47.1 Å². The van der Waals surface area contributed by atoms with E-state index in [1.807, 2.05) is 32.0 Å². The fraction of sp³-hybridized carbons (Fsp3) is 0.385. The summed E-state index contributed by atoms with van der Waals surface area (Å²) < 4.78 is 5.16. The molecule has 17 heavy (non-hydrogen) atoms. The molecule has 90 valence electrons. The molecule has 0 saturated carbocycles. The highest BCUT2D eigenvalue weighted by atomic mass is 16.5. The van der Waals surface area contributed by atoms with Gasteiger partial charge in [-0.05, 0) is 32.9 Å². The highest BCUT2D eigenvalue weighted by Gasteiger charge is 2.15. The highest BCUT2D eigenvalue weighted by Crippen LogP contribution is 2.20. The monoisotopic (exact) mass is 231 g/mol. The summed E-state index contributed by atoms with van der Waals surface area (Å²) in [7, 11) is 0. The molecule has 0 spiro atoms. The fourth-order valence-electron chi connectivity index (χ4n) is 1.97. The van der Waals surface area contributed by atoms with Crippen LogP contribution in [0.15, 0.2) is 28.9 Å². The summed E-state index contributed by atoms with van der Waals surface area (Å²) in [5, 5.41) is 7.38. The molecule has 1 atom stereocenters. The van der Waals surface area contributed by atoms with Gasteiger partial charge in [0, 0.05) is 24.3 Å². The molecule has 0 aromatic carbocycles. The van der Waals surface area contributed by atoms with Crippen molar-refractivity contribution in [2.24, 2.45) is 0 Å². The second-order valence-electron chi connectivity index (χ2n) is 4.16. The lowest BCUT2D eigenvalue weighted by atomic mass is 10.1. The van der Waals surface area contributed by atoms with Crippen LogP contribution in [0.1, 0.15) is 35.7 Å². The second kappa shape index (κ2) is 5.10. The van der Waals surface area contributed by atoms with E-state index in [-0.39, 0.29) is 6.04 Å². The van der Waals surface area contributed by atoms with Crippen molar-refractivity contribution >= 4 is 0 Å². The van der Waals surface area contributed by atoms with Crippen LogP contribution in [0.5, 0.6) is 0 Å². The van der Waals surface area contributed by atoms with Crippen molar-refractivity contribution in [2.45, 2.75) is 33.4 Å². The Kier molecular flexibility index (Phi) is 3.54. The van der Waals surface area contributed by atoms with E-state index in [1.165, 1.54) is 0 Å². The zero-order valence-corrected chi connectivity index (χ0v) is 10.4. The van der Waals surface area contributed by atoms with Crippen LogP contribution >= 0.6 is 0 Å². The Balaban J connectivity index is 2.01. The van der Waals surface area contributed by atoms with Crippen LogP contribution < -0.4 is 5.32 Å². The summed E-state index contributed by atoms with van der Waals surface area (Å²) in [6, 6.07) is 6.13. The maximum Gasteiger partial charge on any atom is 0.138 e. The molecule has 2 rings (SSSR count). The van der Waals surface area contributed by atoms with Gasteiger partial charge in [-0.2, -0.15) is 0 Å². The summed E-state index contributed by atoms with van der Waals surface area (Å²) in [5.74, 6) is 0.878. The van der Waals surface area contributed by atoms with Gasteiger partial charge in [0.05, 0.1) is 11.4 Å². The first-order chi connectivity index (χ1) is 8.18. The van der Waals surface area contributed by atoms with Crippen molar-refractivity contribution in [2.75, 3.05) is 0 Å². The highest BCUT2D eigenvalue weighted by molar-refractivity contribution is 5.24. The molecule has 0 amide bonds. The van der Waals surface area contributed by atoms with Crippen molar-refractivity contribution in [1.82, 2.24) is 15.5 Å². The van der Waals surface area contributed by atoms with Crippen molar-refractivity contribution in [1.29, 1.82) is 0 Å². The Morgan fingerprint density at radius 3 is 2.76 bits per heavy atom. The molecule has 4 nitrogen and oxygen atoms in total. The molecule has 2 aromatic rings. The van der Waals surface area contributed by atoms with Gasteiger partial charge in [0.15, 0.2) is 0 Å². The predicted molar refractivity (Wildman–Crippen MR) is 65.5 cm³/mol. The Morgan fingerprint density at radius 2 is 2.18 bits per heavy atom. The zero-order valence-electron chi connectivity index (χ0n) is 10.4. The Bertz CT molecular complexity index is 459. The van der Waals surface area contributed by atoms with Gasteiger partial charge in [0.1, 0.15) is 5.76 Å². The molecule has 1 N–H and O–H groups in total. The Hall–Kier alpha value is -1.68. The lowest BCUT2D eigenvalue weighted by Crippen LogP contribution is -2.19. The summed E-state index contributed by atoms with van der Waals surface area (Å²) in [5.41, 5.74) is 3.12. The molecule has 2 heterocycles. The van der Waals surface area contributed by atoms with E-state index in [0.717, 1.165) is 29.3 Å². The van der Waals surface area contributed by atoms with Crippen molar-refractivity contribution in [3.8, 4) is 0 Å². The molecule has 0 aliphatic carbocycles. The standard InChI is InChI=1S/C13H17N3O/c1-9(13-10(2)16-17-11(13)3)15-8-12-6-4-5-7-14-12/h4-7,9,15H,8H2,1-3H3. The zero-order chi connectivity index (χ0) is 12.3. The molecule has 0 fully saturated rings. The first kappa shape index (κ1) is 11.8. The van der Waals surface area contributed by atoms with Crippen LogP contribution in [-0.4, -0.2) is 10.1 Å². The predicted octanol–water partition coefficient (Wildman–Crippen LogP) is 2.54. The number of nitrogens with one attached hydrogen (secondary N) is 1. The van der Waals surface area contributed by atoms with E-state index in [1.54, 1.807) is 6.20 Å². The Morgan fingerprint density at radius 1 is 1.35 bits per heavy atom. The van der Waals surface area contributed by atoms with E-state index in [2.05, 4.69) is 22.4 Å². The summed E-state index contributed by atoms with van der Waals surface area (Å²) >= 11 is 0. The lowest BCUT2D eigenvalue weighted by Gasteiger charge is -2.13. The third-order valence-electron chi connectivity index (χ3n) is 2.84. The fourth-order valence-corrected chi connectivity index (χ4v) is 1.97. The molecular weight excluding hydrogens is 214 g/mol. The van der Waals surface area contributed by atoms with Gasteiger partial charge in [0.2, 0.25) is 0 Å². The number of hydrogen-bond acceptors (Lipinski definition) is 4. The maximum absolute atomic E-state index is 5.16. The minimum absolute atomic E-state index is 0.211. The Labute approximate surface area is 101 Å². The topological polar surface area (TPSA) is 51.0 Å². The quantitative estimate of drug-likeness (QED) is 0.878. The normalized spacial score (nSPS) is 12.6. The second-order valence-corrected chi connectivity index (χ2v) is 4.16. The molecule has 2 aromatic heterocycles. The van der Waals surface area contributed by atoms with Crippen LogP contribution in [0, 0.1) is 13.8 Å². The van der Waals surface area contributed by atoms with Gasteiger partial charge in [-0.15, -0.1) is 0 Å². The van der Waals surface area contributed by atoms with Crippen LogP contribution in [0.3, 0.4) is 0 Å². The molecule has 0 aliphatic rings. The minimum atomic E-state index is 0.211. The number of rotatable bonds is 4. The molecule has 1 unspecified atom stereocenters. The molecule has 0 radical (unpaired) electrons. The van der Waals surface area contributed by atoms with Gasteiger partial charge >= 0.3 is 0 Å². The average molecular weight is 231 g/mol. The third kappa shape index (κ3) is 2.71. The third-order valence-corrected chi connectivity index (χ3v) is 2.84. The number of nitrogens with zero attached hydrogens (tertiary/aromatic N) is 2. The minimum Gasteiger partial charge on any atom is -0.361 e. The molecular formula is C13H17N3O. The largest absolute Gasteiger partial charge is 0.361 e. The SMILES string of the molecule is Cc1noc(C)c1C(C)NCc1ccccn1. The van der Waals surface area contributed by atoms with E-state index >= 15 is 0 Å². The number of hydrogen-bond donors (Lipinski definition) is 1. The summed E-state index contributed by atoms with van der Waals surface area (Å²) in [6.07, 6.45) is 1.80. The van der Waals surface area contributed by atoms with Crippen LogP contribution in [0.25, 0.3) is 0 Å². The first-order valence-electron chi connectivity index (χ1n) is 5.74. The maximum atomic E-state index is 5.16. The van der Waals surface area contributed by atoms with Crippen molar-refractivity contribution in [3.63, 3.8) is 0 Å².